The molecule has 0 spiro atoms. The smallest absolute Gasteiger partial charge is 0.117 e. The molecular formula is C30H29NO. The average Bonchev–Trinajstić information content (AvgIpc) is 2.82. The summed E-state index contributed by atoms with van der Waals surface area (Å²) in [7, 11) is 1.60. The fourth-order valence-electron chi connectivity index (χ4n) is 3.98. The molecule has 0 saturated carbocycles. The Labute approximate surface area is 191 Å². The van der Waals surface area contributed by atoms with Crippen LogP contribution in [0.1, 0.15) is 44.5 Å². The fourth-order valence-corrected chi connectivity index (χ4v) is 3.98. The summed E-state index contributed by atoms with van der Waals surface area (Å²) in [6, 6.07) is 34.3. The van der Waals surface area contributed by atoms with Gasteiger partial charge in [-0.1, -0.05) is 102 Å². The first-order valence-corrected chi connectivity index (χ1v) is 11.0. The zero-order valence-corrected chi connectivity index (χ0v) is 19.0. The van der Waals surface area contributed by atoms with Crippen molar-refractivity contribution in [3.05, 3.63) is 142 Å². The van der Waals surface area contributed by atoms with E-state index >= 15 is 0 Å². The second-order valence-electron chi connectivity index (χ2n) is 8.22. The predicted molar refractivity (Wildman–Crippen MR) is 134 cm³/mol. The lowest BCUT2D eigenvalue weighted by molar-refractivity contribution is 0.214. The van der Waals surface area contributed by atoms with Crippen LogP contribution in [0.25, 0.3) is 0 Å². The number of oxime groups is 1. The molecule has 0 fully saturated rings. The van der Waals surface area contributed by atoms with Crippen LogP contribution in [0, 0.1) is 13.8 Å². The van der Waals surface area contributed by atoms with Gasteiger partial charge in [-0.05, 0) is 60.1 Å². The van der Waals surface area contributed by atoms with Crippen molar-refractivity contribution in [2.24, 2.45) is 5.16 Å². The molecule has 160 valence electrons. The van der Waals surface area contributed by atoms with Gasteiger partial charge in [-0.2, -0.15) is 0 Å². The molecule has 0 radical (unpaired) electrons. The monoisotopic (exact) mass is 419 g/mol. The Hall–Kier alpha value is -3.65. The Morgan fingerprint density at radius 2 is 1.00 bits per heavy atom. The zero-order chi connectivity index (χ0) is 22.3. The molecule has 0 N–H and O–H groups in total. The van der Waals surface area contributed by atoms with Crippen LogP contribution in [0.3, 0.4) is 0 Å². The number of aryl methyl sites for hydroxylation is 2. The Balaban J connectivity index is 1.53. The molecule has 4 rings (SSSR count). The highest BCUT2D eigenvalue weighted by Gasteiger charge is 2.10. The molecule has 32 heavy (non-hydrogen) atoms. The van der Waals surface area contributed by atoms with Crippen molar-refractivity contribution in [1.82, 2.24) is 0 Å². The number of nitrogens with zero attached hydrogens (tertiary/aromatic N) is 1. The van der Waals surface area contributed by atoms with Gasteiger partial charge in [0.05, 0.1) is 0 Å². The molecule has 0 saturated heterocycles. The topological polar surface area (TPSA) is 21.6 Å². The Kier molecular flexibility index (Phi) is 6.81. The van der Waals surface area contributed by atoms with Crippen molar-refractivity contribution in [2.75, 3.05) is 7.11 Å². The summed E-state index contributed by atoms with van der Waals surface area (Å²) < 4.78 is 0. The third kappa shape index (κ3) is 5.15. The van der Waals surface area contributed by atoms with E-state index in [1.807, 2.05) is 0 Å². The summed E-state index contributed by atoms with van der Waals surface area (Å²) in [4.78, 5) is 5.18. The standard InChI is InChI=1S/C30H29NO/c1-22-8-4-6-10-28(22)20-24-12-16-26(17-13-24)30(31-32-3)27-18-14-25(15-19-27)21-29-11-7-5-9-23(29)2/h4-19H,20-21H2,1-3H3. The Bertz CT molecular complexity index is 1110. The van der Waals surface area contributed by atoms with Gasteiger partial charge in [0.25, 0.3) is 0 Å². The van der Waals surface area contributed by atoms with Crippen LogP contribution in [-0.2, 0) is 17.7 Å². The van der Waals surface area contributed by atoms with Gasteiger partial charge >= 0.3 is 0 Å². The summed E-state index contributed by atoms with van der Waals surface area (Å²) in [6.07, 6.45) is 1.86. The minimum absolute atomic E-state index is 0.845. The molecule has 0 bridgehead atoms. The van der Waals surface area contributed by atoms with Crippen molar-refractivity contribution < 1.29 is 4.84 Å². The average molecular weight is 420 g/mol. The van der Waals surface area contributed by atoms with E-state index in [0.29, 0.717) is 0 Å². The third-order valence-electron chi connectivity index (χ3n) is 5.95. The first-order chi connectivity index (χ1) is 15.6. The van der Waals surface area contributed by atoms with E-state index in [-0.39, 0.29) is 0 Å². The number of rotatable bonds is 7. The second-order valence-corrected chi connectivity index (χ2v) is 8.22. The fraction of sp³-hybridized carbons (Fsp3) is 0.167. The Morgan fingerprint density at radius 1 is 0.594 bits per heavy atom. The quantitative estimate of drug-likeness (QED) is 0.236. The van der Waals surface area contributed by atoms with E-state index in [4.69, 9.17) is 4.84 Å². The molecule has 0 heterocycles. The molecule has 2 nitrogen and oxygen atoms in total. The molecule has 0 unspecified atom stereocenters. The maximum atomic E-state index is 5.18. The highest BCUT2D eigenvalue weighted by Crippen LogP contribution is 2.19. The first-order valence-electron chi connectivity index (χ1n) is 11.0. The molecule has 4 aromatic rings. The largest absolute Gasteiger partial charge is 0.399 e. The van der Waals surface area contributed by atoms with Crippen molar-refractivity contribution in [3.8, 4) is 0 Å². The van der Waals surface area contributed by atoms with Crippen LogP contribution in [0.15, 0.2) is 102 Å². The van der Waals surface area contributed by atoms with E-state index in [0.717, 1.165) is 29.7 Å². The van der Waals surface area contributed by atoms with Crippen molar-refractivity contribution >= 4 is 5.71 Å². The minimum Gasteiger partial charge on any atom is -0.399 e. The van der Waals surface area contributed by atoms with Crippen LogP contribution in [0.5, 0.6) is 0 Å². The zero-order valence-electron chi connectivity index (χ0n) is 19.0. The lowest BCUT2D eigenvalue weighted by Gasteiger charge is -2.10. The molecule has 0 aliphatic rings. The highest BCUT2D eigenvalue weighted by atomic mass is 16.6. The molecule has 0 aliphatic heterocycles. The van der Waals surface area contributed by atoms with Crippen LogP contribution in [0.4, 0.5) is 0 Å². The molecule has 2 heteroatoms. The van der Waals surface area contributed by atoms with E-state index in [1.165, 1.54) is 33.4 Å². The van der Waals surface area contributed by atoms with Gasteiger partial charge in [0.2, 0.25) is 0 Å². The summed E-state index contributed by atoms with van der Waals surface area (Å²) in [5.41, 5.74) is 10.9. The van der Waals surface area contributed by atoms with E-state index in [9.17, 15) is 0 Å². The van der Waals surface area contributed by atoms with Gasteiger partial charge in [-0.25, -0.2) is 0 Å². The van der Waals surface area contributed by atoms with E-state index in [2.05, 4.69) is 116 Å². The summed E-state index contributed by atoms with van der Waals surface area (Å²) in [6.45, 7) is 4.33. The van der Waals surface area contributed by atoms with Gasteiger partial charge in [-0.3, -0.25) is 0 Å². The van der Waals surface area contributed by atoms with Crippen LogP contribution >= 0.6 is 0 Å². The van der Waals surface area contributed by atoms with Gasteiger partial charge < -0.3 is 4.84 Å². The predicted octanol–water partition coefficient (Wildman–Crippen LogP) is 6.88. The van der Waals surface area contributed by atoms with Crippen LogP contribution < -0.4 is 0 Å². The van der Waals surface area contributed by atoms with Crippen molar-refractivity contribution in [3.63, 3.8) is 0 Å². The number of hydrogen-bond acceptors (Lipinski definition) is 2. The lowest BCUT2D eigenvalue weighted by atomic mass is 9.95. The van der Waals surface area contributed by atoms with Crippen LogP contribution in [0.2, 0.25) is 0 Å². The van der Waals surface area contributed by atoms with Gasteiger partial charge in [0.15, 0.2) is 0 Å². The number of benzene rings is 4. The van der Waals surface area contributed by atoms with Crippen molar-refractivity contribution in [1.29, 1.82) is 0 Å². The van der Waals surface area contributed by atoms with Crippen molar-refractivity contribution in [2.45, 2.75) is 26.7 Å². The third-order valence-corrected chi connectivity index (χ3v) is 5.95. The summed E-state index contributed by atoms with van der Waals surface area (Å²) >= 11 is 0. The normalized spacial score (nSPS) is 10.6. The maximum absolute atomic E-state index is 5.18. The first kappa shape index (κ1) is 21.6. The molecular weight excluding hydrogens is 390 g/mol. The van der Waals surface area contributed by atoms with E-state index < -0.39 is 0 Å². The second kappa shape index (κ2) is 10.1. The summed E-state index contributed by atoms with van der Waals surface area (Å²) in [5.74, 6) is 0. The molecule has 0 aliphatic carbocycles. The lowest BCUT2D eigenvalue weighted by Crippen LogP contribution is -2.05. The molecule has 4 aromatic carbocycles. The SMILES string of the molecule is CON=C(c1ccc(Cc2ccccc2C)cc1)c1ccc(Cc2ccccc2C)cc1. The van der Waals surface area contributed by atoms with Gasteiger partial charge in [-0.15, -0.1) is 0 Å². The minimum atomic E-state index is 0.845. The van der Waals surface area contributed by atoms with E-state index in [1.54, 1.807) is 7.11 Å². The highest BCUT2D eigenvalue weighted by molar-refractivity contribution is 6.12. The van der Waals surface area contributed by atoms with Crippen LogP contribution in [-0.4, -0.2) is 12.8 Å². The number of hydrogen-bond donors (Lipinski definition) is 0. The Morgan fingerprint density at radius 3 is 1.38 bits per heavy atom. The molecule has 0 aromatic heterocycles. The maximum Gasteiger partial charge on any atom is 0.117 e. The molecule has 0 amide bonds. The molecule has 0 atom stereocenters. The van der Waals surface area contributed by atoms with Gasteiger partial charge in [0, 0.05) is 11.1 Å². The summed E-state index contributed by atoms with van der Waals surface area (Å²) in [5, 5.41) is 4.34. The van der Waals surface area contributed by atoms with Gasteiger partial charge in [0.1, 0.15) is 12.8 Å².